The van der Waals surface area contributed by atoms with Crippen LogP contribution in [-0.4, -0.2) is 45.2 Å². The van der Waals surface area contributed by atoms with E-state index >= 15 is 0 Å². The molecule has 1 aliphatic heterocycles. The lowest BCUT2D eigenvalue weighted by molar-refractivity contribution is 0.0989. The number of aromatic nitrogens is 3. The fourth-order valence-corrected chi connectivity index (χ4v) is 2.29. The quantitative estimate of drug-likeness (QED) is 0.821. The standard InChI is InChI=1S/C13H21N5O/c1-10(2)5-7-17-6-3-4-11(8-17)18-9-15-13(16-18)12(14)19/h5,9,11H,3-4,6-8H2,1-2H3,(H2,14,19)/t11-/m0/s1. The van der Waals surface area contributed by atoms with Crippen LogP contribution < -0.4 is 5.73 Å². The smallest absolute Gasteiger partial charge is 0.288 e. The maximum Gasteiger partial charge on any atom is 0.288 e. The van der Waals surface area contributed by atoms with Gasteiger partial charge in [0.15, 0.2) is 0 Å². The van der Waals surface area contributed by atoms with Gasteiger partial charge in [-0.15, -0.1) is 5.10 Å². The van der Waals surface area contributed by atoms with E-state index in [1.54, 1.807) is 11.0 Å². The van der Waals surface area contributed by atoms with E-state index in [9.17, 15) is 4.79 Å². The minimum atomic E-state index is -0.573. The van der Waals surface area contributed by atoms with Crippen LogP contribution in [0.25, 0.3) is 0 Å². The summed E-state index contributed by atoms with van der Waals surface area (Å²) in [5.74, 6) is -0.475. The number of primary amides is 1. The molecule has 1 aliphatic rings. The Morgan fingerprint density at radius 1 is 1.58 bits per heavy atom. The van der Waals surface area contributed by atoms with Gasteiger partial charge in [0, 0.05) is 13.1 Å². The van der Waals surface area contributed by atoms with Crippen molar-refractivity contribution in [1.29, 1.82) is 0 Å². The molecule has 2 rings (SSSR count). The molecular formula is C13H21N5O. The molecule has 0 bridgehead atoms. The SMILES string of the molecule is CC(C)=CCN1CCC[C@H](n2cnc(C(N)=O)n2)C1. The Balaban J connectivity index is 2.00. The molecule has 104 valence electrons. The average Bonchev–Trinajstić information content (AvgIpc) is 2.86. The van der Waals surface area contributed by atoms with Crippen LogP contribution in [0, 0.1) is 0 Å². The molecule has 6 nitrogen and oxygen atoms in total. The van der Waals surface area contributed by atoms with Crippen molar-refractivity contribution in [1.82, 2.24) is 19.7 Å². The van der Waals surface area contributed by atoms with Gasteiger partial charge in [-0.2, -0.15) is 0 Å². The Bertz CT molecular complexity index is 475. The highest BCUT2D eigenvalue weighted by molar-refractivity contribution is 5.88. The van der Waals surface area contributed by atoms with E-state index in [1.807, 2.05) is 0 Å². The first-order valence-electron chi connectivity index (χ1n) is 6.63. The molecule has 1 aromatic rings. The molecule has 1 amide bonds. The molecule has 0 radical (unpaired) electrons. The van der Waals surface area contributed by atoms with Crippen LogP contribution in [0.4, 0.5) is 0 Å². The molecule has 0 aromatic carbocycles. The van der Waals surface area contributed by atoms with E-state index < -0.39 is 5.91 Å². The van der Waals surface area contributed by atoms with Crippen molar-refractivity contribution in [2.45, 2.75) is 32.7 Å². The van der Waals surface area contributed by atoms with Crippen molar-refractivity contribution >= 4 is 5.91 Å². The summed E-state index contributed by atoms with van der Waals surface area (Å²) in [7, 11) is 0. The molecular weight excluding hydrogens is 242 g/mol. The second kappa shape index (κ2) is 5.97. The predicted molar refractivity (Wildman–Crippen MR) is 72.7 cm³/mol. The largest absolute Gasteiger partial charge is 0.363 e. The first-order chi connectivity index (χ1) is 9.06. The molecule has 1 atom stereocenters. The molecule has 2 N–H and O–H groups in total. The number of carbonyl (C=O) groups is 1. The van der Waals surface area contributed by atoms with Crippen LogP contribution in [-0.2, 0) is 0 Å². The molecule has 0 saturated carbocycles. The summed E-state index contributed by atoms with van der Waals surface area (Å²) in [6, 6.07) is 0.278. The van der Waals surface area contributed by atoms with Crippen molar-refractivity contribution in [3.8, 4) is 0 Å². The van der Waals surface area contributed by atoms with Gasteiger partial charge in [0.25, 0.3) is 5.91 Å². The molecule has 19 heavy (non-hydrogen) atoms. The number of allylic oxidation sites excluding steroid dienone is 1. The molecule has 6 heteroatoms. The van der Waals surface area contributed by atoms with Gasteiger partial charge in [-0.25, -0.2) is 9.67 Å². The topological polar surface area (TPSA) is 77.0 Å². The molecule has 2 heterocycles. The number of rotatable bonds is 4. The van der Waals surface area contributed by atoms with Crippen LogP contribution in [0.1, 0.15) is 43.3 Å². The number of hydrogen-bond donors (Lipinski definition) is 1. The number of piperidine rings is 1. The zero-order chi connectivity index (χ0) is 13.8. The number of nitrogens with zero attached hydrogens (tertiary/aromatic N) is 4. The fourth-order valence-electron chi connectivity index (χ4n) is 2.29. The van der Waals surface area contributed by atoms with Gasteiger partial charge in [0.2, 0.25) is 5.82 Å². The molecule has 1 saturated heterocycles. The van der Waals surface area contributed by atoms with E-state index in [4.69, 9.17) is 5.73 Å². The summed E-state index contributed by atoms with van der Waals surface area (Å²) < 4.78 is 1.77. The lowest BCUT2D eigenvalue weighted by atomic mass is 10.1. The van der Waals surface area contributed by atoms with Gasteiger partial charge >= 0.3 is 0 Å². The van der Waals surface area contributed by atoms with Crippen molar-refractivity contribution in [3.63, 3.8) is 0 Å². The Morgan fingerprint density at radius 2 is 2.37 bits per heavy atom. The Kier molecular flexibility index (Phi) is 4.31. The van der Waals surface area contributed by atoms with E-state index in [1.165, 1.54) is 5.57 Å². The van der Waals surface area contributed by atoms with Crippen LogP contribution in [0.15, 0.2) is 18.0 Å². The van der Waals surface area contributed by atoms with Gasteiger partial charge in [-0.1, -0.05) is 11.6 Å². The third kappa shape index (κ3) is 3.64. The summed E-state index contributed by atoms with van der Waals surface area (Å²) in [5, 5.41) is 4.15. The normalized spacial score (nSPS) is 20.2. The summed E-state index contributed by atoms with van der Waals surface area (Å²) in [4.78, 5) is 17.3. The van der Waals surface area contributed by atoms with Gasteiger partial charge in [0.05, 0.1) is 6.04 Å². The summed E-state index contributed by atoms with van der Waals surface area (Å²) in [5.41, 5.74) is 6.50. The molecule has 0 spiro atoms. The van der Waals surface area contributed by atoms with Crippen LogP contribution in [0.5, 0.6) is 0 Å². The second-order valence-corrected chi connectivity index (χ2v) is 5.25. The number of hydrogen-bond acceptors (Lipinski definition) is 4. The Hall–Kier alpha value is -1.69. The van der Waals surface area contributed by atoms with Gasteiger partial charge < -0.3 is 5.73 Å². The molecule has 0 unspecified atom stereocenters. The van der Waals surface area contributed by atoms with E-state index in [0.717, 1.165) is 32.5 Å². The lowest BCUT2D eigenvalue weighted by Crippen LogP contribution is -2.37. The van der Waals surface area contributed by atoms with E-state index in [-0.39, 0.29) is 11.9 Å². The van der Waals surface area contributed by atoms with Crippen LogP contribution in [0.3, 0.4) is 0 Å². The third-order valence-electron chi connectivity index (χ3n) is 3.34. The zero-order valence-corrected chi connectivity index (χ0v) is 11.5. The second-order valence-electron chi connectivity index (χ2n) is 5.25. The highest BCUT2D eigenvalue weighted by Crippen LogP contribution is 2.20. The molecule has 1 fully saturated rings. The van der Waals surface area contributed by atoms with E-state index in [0.29, 0.717) is 0 Å². The summed E-state index contributed by atoms with van der Waals surface area (Å²) in [6.45, 7) is 7.23. The average molecular weight is 263 g/mol. The van der Waals surface area contributed by atoms with Crippen molar-refractivity contribution in [3.05, 3.63) is 23.8 Å². The maximum absolute atomic E-state index is 11.0. The minimum Gasteiger partial charge on any atom is -0.363 e. The fraction of sp³-hybridized carbons (Fsp3) is 0.615. The van der Waals surface area contributed by atoms with Crippen LogP contribution in [0.2, 0.25) is 0 Å². The summed E-state index contributed by atoms with van der Waals surface area (Å²) in [6.07, 6.45) is 6.04. The van der Waals surface area contributed by atoms with Crippen molar-refractivity contribution < 1.29 is 4.79 Å². The molecule has 1 aromatic heterocycles. The maximum atomic E-state index is 11.0. The predicted octanol–water partition coefficient (Wildman–Crippen LogP) is 0.980. The van der Waals surface area contributed by atoms with Crippen molar-refractivity contribution in [2.75, 3.05) is 19.6 Å². The number of amides is 1. The third-order valence-corrected chi connectivity index (χ3v) is 3.34. The molecule has 0 aliphatic carbocycles. The lowest BCUT2D eigenvalue weighted by Gasteiger charge is -2.31. The monoisotopic (exact) mass is 263 g/mol. The highest BCUT2D eigenvalue weighted by Gasteiger charge is 2.22. The first kappa shape index (κ1) is 13.7. The van der Waals surface area contributed by atoms with Gasteiger partial charge in [0.1, 0.15) is 6.33 Å². The van der Waals surface area contributed by atoms with Gasteiger partial charge in [-0.05, 0) is 33.2 Å². The summed E-state index contributed by atoms with van der Waals surface area (Å²) >= 11 is 0. The number of likely N-dealkylation sites (tertiary alicyclic amines) is 1. The minimum absolute atomic E-state index is 0.0985. The van der Waals surface area contributed by atoms with E-state index in [2.05, 4.69) is 34.9 Å². The Morgan fingerprint density at radius 3 is 3.00 bits per heavy atom. The van der Waals surface area contributed by atoms with Crippen molar-refractivity contribution in [2.24, 2.45) is 5.73 Å². The van der Waals surface area contributed by atoms with Crippen LogP contribution >= 0.6 is 0 Å². The number of nitrogens with two attached hydrogens (primary N) is 1. The zero-order valence-electron chi connectivity index (χ0n) is 11.5. The highest BCUT2D eigenvalue weighted by atomic mass is 16.1. The first-order valence-corrected chi connectivity index (χ1v) is 6.63. The number of carbonyl (C=O) groups excluding carboxylic acids is 1. The Labute approximate surface area is 113 Å². The van der Waals surface area contributed by atoms with Gasteiger partial charge in [-0.3, -0.25) is 9.69 Å².